The van der Waals surface area contributed by atoms with Gasteiger partial charge in [0, 0.05) is 18.7 Å². The molecule has 17 heavy (non-hydrogen) atoms. The molecule has 1 aromatic carbocycles. The topological polar surface area (TPSA) is 67.2 Å². The van der Waals surface area contributed by atoms with Crippen LogP contribution in [0.4, 0.5) is 17.1 Å². The van der Waals surface area contributed by atoms with Crippen LogP contribution in [0.2, 0.25) is 0 Å². The molecule has 4 heteroatoms. The van der Waals surface area contributed by atoms with Gasteiger partial charge in [0.1, 0.15) is 0 Å². The molecule has 0 atom stereocenters. The maximum atomic E-state index is 11.3. The van der Waals surface area contributed by atoms with Gasteiger partial charge in [0.2, 0.25) is 5.91 Å². The van der Waals surface area contributed by atoms with Crippen molar-refractivity contribution in [2.24, 2.45) is 5.92 Å². The highest BCUT2D eigenvalue weighted by Gasteiger charge is 2.22. The van der Waals surface area contributed by atoms with Crippen molar-refractivity contribution < 1.29 is 4.79 Å². The predicted octanol–water partition coefficient (Wildman–Crippen LogP) is 1.98. The second-order valence-electron chi connectivity index (χ2n) is 4.97. The molecule has 0 saturated heterocycles. The van der Waals surface area contributed by atoms with Gasteiger partial charge in [0.25, 0.3) is 0 Å². The van der Waals surface area contributed by atoms with E-state index in [9.17, 15) is 4.79 Å². The summed E-state index contributed by atoms with van der Waals surface area (Å²) in [6.45, 7) is 0.983. The van der Waals surface area contributed by atoms with Crippen LogP contribution in [0.25, 0.3) is 0 Å². The normalized spacial score (nSPS) is 18.5. The first-order valence-electron chi connectivity index (χ1n) is 6.18. The lowest BCUT2D eigenvalue weighted by molar-refractivity contribution is -0.116. The Balaban J connectivity index is 1.82. The maximum Gasteiger partial charge on any atom is 0.224 e. The smallest absolute Gasteiger partial charge is 0.224 e. The number of fused-ring (bicyclic) bond motifs is 1. The fraction of sp³-hybridized carbons (Fsp3) is 0.462. The largest absolute Gasteiger partial charge is 0.397 e. The van der Waals surface area contributed by atoms with Gasteiger partial charge < -0.3 is 16.4 Å². The number of nitrogens with two attached hydrogens (primary N) is 1. The van der Waals surface area contributed by atoms with Gasteiger partial charge in [-0.1, -0.05) is 0 Å². The van der Waals surface area contributed by atoms with Crippen molar-refractivity contribution in [2.75, 3.05) is 22.9 Å². The van der Waals surface area contributed by atoms with Crippen LogP contribution < -0.4 is 16.4 Å². The van der Waals surface area contributed by atoms with E-state index in [1.54, 1.807) is 0 Å². The molecule has 90 valence electrons. The summed E-state index contributed by atoms with van der Waals surface area (Å²) < 4.78 is 0. The van der Waals surface area contributed by atoms with Crippen LogP contribution in [0.3, 0.4) is 0 Å². The molecule has 4 nitrogen and oxygen atoms in total. The molecule has 1 aliphatic heterocycles. The van der Waals surface area contributed by atoms with Crippen molar-refractivity contribution in [1.29, 1.82) is 0 Å². The second-order valence-corrected chi connectivity index (χ2v) is 4.97. The van der Waals surface area contributed by atoms with Crippen LogP contribution in [-0.2, 0) is 11.2 Å². The first-order valence-corrected chi connectivity index (χ1v) is 6.18. The van der Waals surface area contributed by atoms with E-state index in [4.69, 9.17) is 5.73 Å². The molecule has 0 aromatic heterocycles. The summed E-state index contributed by atoms with van der Waals surface area (Å²) in [5.41, 5.74) is 9.78. The lowest BCUT2D eigenvalue weighted by atomic mass is 10.0. The Bertz CT molecular complexity index is 466. The van der Waals surface area contributed by atoms with Crippen LogP contribution in [-0.4, -0.2) is 12.5 Å². The summed E-state index contributed by atoms with van der Waals surface area (Å²) in [5.74, 6) is 0.899. The number of nitrogen functional groups attached to an aromatic ring is 1. The molecule has 0 spiro atoms. The number of nitrogens with one attached hydrogen (secondary N) is 2. The van der Waals surface area contributed by atoms with Crippen LogP contribution >= 0.6 is 0 Å². The summed E-state index contributed by atoms with van der Waals surface area (Å²) >= 11 is 0. The first-order chi connectivity index (χ1) is 8.22. The fourth-order valence-corrected chi connectivity index (χ4v) is 2.18. The molecule has 1 amide bonds. The number of hydrogen-bond donors (Lipinski definition) is 3. The first kappa shape index (κ1) is 10.4. The molecule has 1 heterocycles. The van der Waals surface area contributed by atoms with Gasteiger partial charge in [-0.15, -0.1) is 0 Å². The highest BCUT2D eigenvalue weighted by Crippen LogP contribution is 2.33. The number of benzene rings is 1. The van der Waals surface area contributed by atoms with Gasteiger partial charge in [-0.25, -0.2) is 0 Å². The van der Waals surface area contributed by atoms with Crippen LogP contribution in [0.5, 0.6) is 0 Å². The minimum atomic E-state index is 0.0930. The Kier molecular flexibility index (Phi) is 2.42. The predicted molar refractivity (Wildman–Crippen MR) is 69.0 cm³/mol. The molecule has 4 N–H and O–H groups in total. The third-order valence-electron chi connectivity index (χ3n) is 3.45. The van der Waals surface area contributed by atoms with E-state index < -0.39 is 0 Å². The summed E-state index contributed by atoms with van der Waals surface area (Å²) in [6, 6.07) is 3.94. The van der Waals surface area contributed by atoms with Gasteiger partial charge in [-0.3, -0.25) is 4.79 Å². The summed E-state index contributed by atoms with van der Waals surface area (Å²) in [5, 5.41) is 6.26. The van der Waals surface area contributed by atoms with E-state index in [1.807, 2.05) is 12.1 Å². The van der Waals surface area contributed by atoms with E-state index in [0.717, 1.165) is 41.5 Å². The minimum Gasteiger partial charge on any atom is -0.397 e. The van der Waals surface area contributed by atoms with Crippen molar-refractivity contribution >= 4 is 23.0 Å². The molecule has 0 radical (unpaired) electrons. The highest BCUT2D eigenvalue weighted by atomic mass is 16.1. The van der Waals surface area contributed by atoms with Crippen molar-refractivity contribution in [3.63, 3.8) is 0 Å². The SMILES string of the molecule is Nc1cc2c(cc1NCC1CC1)NC(=O)CC2. The van der Waals surface area contributed by atoms with Crippen molar-refractivity contribution in [2.45, 2.75) is 25.7 Å². The van der Waals surface area contributed by atoms with Gasteiger partial charge in [-0.05, 0) is 42.9 Å². The molecule has 1 aliphatic carbocycles. The zero-order valence-electron chi connectivity index (χ0n) is 9.75. The zero-order valence-corrected chi connectivity index (χ0v) is 9.75. The highest BCUT2D eigenvalue weighted by molar-refractivity contribution is 5.95. The van der Waals surface area contributed by atoms with Gasteiger partial charge in [-0.2, -0.15) is 0 Å². The molecule has 3 rings (SSSR count). The van der Waals surface area contributed by atoms with Crippen LogP contribution in [0.1, 0.15) is 24.8 Å². The molecule has 0 unspecified atom stereocenters. The number of rotatable bonds is 3. The van der Waals surface area contributed by atoms with Gasteiger partial charge >= 0.3 is 0 Å². The standard InChI is InChI=1S/C13H17N3O/c14-10-5-9-3-4-13(17)16-11(9)6-12(10)15-7-8-1-2-8/h5-6,8,15H,1-4,7,14H2,(H,16,17). The molecule has 1 saturated carbocycles. The Morgan fingerprint density at radius 2 is 2.18 bits per heavy atom. The number of carbonyl (C=O) groups excluding carboxylic acids is 1. The summed E-state index contributed by atoms with van der Waals surface area (Å²) in [7, 11) is 0. The second kappa shape index (κ2) is 3.95. The monoisotopic (exact) mass is 231 g/mol. The molecule has 1 fully saturated rings. The Labute approximate surface area is 101 Å². The Hall–Kier alpha value is -1.71. The van der Waals surface area contributed by atoms with Crippen LogP contribution in [0.15, 0.2) is 12.1 Å². The number of carbonyl (C=O) groups is 1. The summed E-state index contributed by atoms with van der Waals surface area (Å²) in [4.78, 5) is 11.3. The lowest BCUT2D eigenvalue weighted by Crippen LogP contribution is -2.19. The van der Waals surface area contributed by atoms with Crippen LogP contribution in [0, 0.1) is 5.92 Å². The minimum absolute atomic E-state index is 0.0930. The van der Waals surface area contributed by atoms with Crippen molar-refractivity contribution in [3.8, 4) is 0 Å². The van der Waals surface area contributed by atoms with E-state index in [1.165, 1.54) is 12.8 Å². The Morgan fingerprint density at radius 3 is 2.94 bits per heavy atom. The van der Waals surface area contributed by atoms with E-state index in [2.05, 4.69) is 10.6 Å². The maximum absolute atomic E-state index is 11.3. The average Bonchev–Trinajstić information content (AvgIpc) is 3.11. The van der Waals surface area contributed by atoms with Crippen molar-refractivity contribution in [3.05, 3.63) is 17.7 Å². The number of amides is 1. The van der Waals surface area contributed by atoms with E-state index >= 15 is 0 Å². The number of aryl methyl sites for hydroxylation is 1. The molecular weight excluding hydrogens is 214 g/mol. The zero-order chi connectivity index (χ0) is 11.8. The third kappa shape index (κ3) is 2.20. The quantitative estimate of drug-likeness (QED) is 0.697. The number of hydrogen-bond acceptors (Lipinski definition) is 3. The third-order valence-corrected chi connectivity index (χ3v) is 3.45. The molecule has 2 aliphatic rings. The lowest BCUT2D eigenvalue weighted by Gasteiger charge is -2.19. The molecule has 1 aromatic rings. The van der Waals surface area contributed by atoms with Crippen molar-refractivity contribution in [1.82, 2.24) is 0 Å². The molecular formula is C13H17N3O. The summed E-state index contributed by atoms with van der Waals surface area (Å²) in [6.07, 6.45) is 3.97. The van der Waals surface area contributed by atoms with E-state index in [0.29, 0.717) is 6.42 Å². The fourth-order valence-electron chi connectivity index (χ4n) is 2.18. The Morgan fingerprint density at radius 1 is 1.35 bits per heavy atom. The van der Waals surface area contributed by atoms with Gasteiger partial charge in [0.15, 0.2) is 0 Å². The molecule has 0 bridgehead atoms. The average molecular weight is 231 g/mol. The van der Waals surface area contributed by atoms with E-state index in [-0.39, 0.29) is 5.91 Å². The van der Waals surface area contributed by atoms with Gasteiger partial charge in [0.05, 0.1) is 11.4 Å². The number of anilines is 3.